The van der Waals surface area contributed by atoms with E-state index in [4.69, 9.17) is 4.74 Å². The maximum Gasteiger partial charge on any atom is 0.463 e. The van der Waals surface area contributed by atoms with Crippen LogP contribution in [-0.4, -0.2) is 84.6 Å². The zero-order valence-corrected chi connectivity index (χ0v) is 22.6. The van der Waals surface area contributed by atoms with Gasteiger partial charge in [0, 0.05) is 26.1 Å². The number of nitrogens with one attached hydrogen (secondary N) is 3. The summed E-state index contributed by atoms with van der Waals surface area (Å²) in [5, 5.41) is 16.5. The molecule has 0 aromatic heterocycles. The molecule has 3 N–H and O–H groups in total. The van der Waals surface area contributed by atoms with Crippen molar-refractivity contribution in [2.75, 3.05) is 20.2 Å². The number of amides is 4. The number of carbonyl (C=O) groups is 4. The highest BCUT2D eigenvalue weighted by Crippen LogP contribution is 2.54. The minimum atomic E-state index is -6.21. The highest BCUT2D eigenvalue weighted by Gasteiger charge is 2.65. The summed E-state index contributed by atoms with van der Waals surface area (Å²) in [4.78, 5) is 52.8. The predicted molar refractivity (Wildman–Crippen MR) is 131 cm³/mol. The Kier molecular flexibility index (Phi) is 8.12. The second-order valence-corrected chi connectivity index (χ2v) is 11.6. The molecule has 4 rings (SSSR count). The average Bonchev–Trinajstić information content (AvgIpc) is 3.68. The number of halogens is 5. The molecule has 8 atom stereocenters. The number of ether oxygens (including phenoxy) is 1. The molecule has 226 valence electrons. The number of hydrogen-bond acceptors (Lipinski definition) is 6. The topological polar surface area (TPSA) is 141 Å². The monoisotopic (exact) mass is 589 g/mol. The summed E-state index contributed by atoms with van der Waals surface area (Å²) in [6.45, 7) is 2.89. The molecule has 0 aromatic rings. The van der Waals surface area contributed by atoms with Gasteiger partial charge < -0.3 is 25.6 Å². The molecule has 0 radical (unpaired) electrons. The summed E-state index contributed by atoms with van der Waals surface area (Å²) < 4.78 is 71.7. The molecule has 15 heteroatoms. The first kappa shape index (κ1) is 30.7. The Morgan fingerprint density at radius 3 is 2.39 bits per heavy atom. The third kappa shape index (κ3) is 5.50. The van der Waals surface area contributed by atoms with Crippen molar-refractivity contribution >= 4 is 23.6 Å². The lowest BCUT2D eigenvalue weighted by molar-refractivity contribution is -0.270. The van der Waals surface area contributed by atoms with E-state index in [0.29, 0.717) is 13.0 Å². The molecule has 0 aromatic carbocycles. The van der Waals surface area contributed by atoms with Crippen molar-refractivity contribution in [1.29, 1.82) is 5.26 Å². The number of allylic oxidation sites excluding steroid dienone is 2. The molecule has 41 heavy (non-hydrogen) atoms. The van der Waals surface area contributed by atoms with Crippen LogP contribution < -0.4 is 16.0 Å². The van der Waals surface area contributed by atoms with Gasteiger partial charge in [0.1, 0.15) is 18.1 Å². The third-order valence-electron chi connectivity index (χ3n) is 8.89. The van der Waals surface area contributed by atoms with Gasteiger partial charge in [0.25, 0.3) is 0 Å². The van der Waals surface area contributed by atoms with E-state index in [1.165, 1.54) is 19.2 Å². The summed E-state index contributed by atoms with van der Waals surface area (Å²) in [5.41, 5.74) is -1.75. The zero-order chi connectivity index (χ0) is 30.5. The van der Waals surface area contributed by atoms with E-state index in [1.54, 1.807) is 0 Å². The Labute approximate surface area is 233 Å². The molecule has 2 saturated heterocycles. The molecule has 2 heterocycles. The molecule has 4 aliphatic rings. The van der Waals surface area contributed by atoms with E-state index < -0.39 is 65.4 Å². The molecular formula is C26H32F5N5O5. The summed E-state index contributed by atoms with van der Waals surface area (Å²) in [6.07, 6.45) is -1.07. The molecule has 4 amide bonds. The quantitative estimate of drug-likeness (QED) is 0.274. The summed E-state index contributed by atoms with van der Waals surface area (Å²) in [6, 6.07) is -2.32. The average molecular weight is 590 g/mol. The fourth-order valence-corrected chi connectivity index (χ4v) is 6.50. The van der Waals surface area contributed by atoms with E-state index >= 15 is 0 Å². The van der Waals surface area contributed by atoms with Crippen molar-refractivity contribution in [1.82, 2.24) is 20.9 Å². The fraction of sp³-hybridized carbons (Fsp3) is 0.731. The Balaban J connectivity index is 1.62. The number of methoxy groups -OCH3 is 1. The largest absolute Gasteiger partial charge is 0.463 e. The van der Waals surface area contributed by atoms with Crippen LogP contribution in [0.5, 0.6) is 0 Å². The number of rotatable bonds is 9. The van der Waals surface area contributed by atoms with Gasteiger partial charge in [0.2, 0.25) is 17.7 Å². The van der Waals surface area contributed by atoms with Gasteiger partial charge in [-0.15, -0.1) is 0 Å². The minimum absolute atomic E-state index is 0.0167. The van der Waals surface area contributed by atoms with Crippen molar-refractivity contribution in [3.05, 3.63) is 12.2 Å². The van der Waals surface area contributed by atoms with Crippen molar-refractivity contribution in [2.45, 2.75) is 68.9 Å². The first-order valence-electron chi connectivity index (χ1n) is 13.3. The minimum Gasteiger partial charge on any atom is -0.376 e. The third-order valence-corrected chi connectivity index (χ3v) is 8.89. The summed E-state index contributed by atoms with van der Waals surface area (Å²) >= 11 is 0. The number of carbonyl (C=O) groups excluding carboxylic acids is 4. The standard InChI is InChI=1S/C26H32F5N5O5/c1-24(2,41-3)19(35-23(40)25(27,28)26(29,30)31)22(39)36-11-16-12-4-5-13(8-12)17(16)18(36)21(38)34-15(10-32)9-14-6-7-33-20(14)37/h4-5,12-19H,6-9,11H2,1-3H3,(H,33,37)(H,34,38)(H,35,40)/t12-,13+,14+,15+,16-,17+,18+,19-/m1/s1. The molecule has 10 nitrogen and oxygen atoms in total. The predicted octanol–water partition coefficient (Wildman–Crippen LogP) is 1.28. The van der Waals surface area contributed by atoms with E-state index in [1.807, 2.05) is 18.2 Å². The fourth-order valence-electron chi connectivity index (χ4n) is 6.50. The van der Waals surface area contributed by atoms with E-state index in [0.717, 1.165) is 18.4 Å². The highest BCUT2D eigenvalue weighted by atomic mass is 19.4. The van der Waals surface area contributed by atoms with Crippen LogP contribution in [0.1, 0.15) is 33.1 Å². The van der Waals surface area contributed by atoms with Crippen LogP contribution in [0.15, 0.2) is 12.2 Å². The molecule has 1 saturated carbocycles. The van der Waals surface area contributed by atoms with Crippen molar-refractivity contribution in [2.24, 2.45) is 29.6 Å². The van der Waals surface area contributed by atoms with E-state index in [2.05, 4.69) is 10.6 Å². The van der Waals surface area contributed by atoms with Crippen LogP contribution in [0.4, 0.5) is 22.0 Å². The Morgan fingerprint density at radius 1 is 1.17 bits per heavy atom. The second-order valence-electron chi connectivity index (χ2n) is 11.6. The van der Waals surface area contributed by atoms with Crippen LogP contribution in [0.2, 0.25) is 0 Å². The van der Waals surface area contributed by atoms with Gasteiger partial charge in [-0.25, -0.2) is 0 Å². The van der Waals surface area contributed by atoms with Gasteiger partial charge in [-0.05, 0) is 56.8 Å². The first-order valence-corrected chi connectivity index (χ1v) is 13.3. The zero-order valence-electron chi connectivity index (χ0n) is 22.6. The molecule has 2 aliphatic carbocycles. The number of fused-ring (bicyclic) bond motifs is 5. The van der Waals surface area contributed by atoms with Crippen LogP contribution in [-0.2, 0) is 23.9 Å². The molecule has 3 fully saturated rings. The highest BCUT2D eigenvalue weighted by molar-refractivity contribution is 5.95. The Bertz CT molecular complexity index is 1170. The van der Waals surface area contributed by atoms with Crippen molar-refractivity contribution < 1.29 is 45.9 Å². The maximum absolute atomic E-state index is 13.9. The van der Waals surface area contributed by atoms with Crippen LogP contribution in [0.3, 0.4) is 0 Å². The van der Waals surface area contributed by atoms with Crippen molar-refractivity contribution in [3.8, 4) is 6.07 Å². The van der Waals surface area contributed by atoms with Crippen LogP contribution in [0, 0.1) is 40.9 Å². The Morgan fingerprint density at radius 2 is 1.83 bits per heavy atom. The van der Waals surface area contributed by atoms with Gasteiger partial charge in [-0.2, -0.15) is 27.2 Å². The second kappa shape index (κ2) is 10.8. The molecule has 0 spiro atoms. The molecule has 2 aliphatic heterocycles. The lowest BCUT2D eigenvalue weighted by Crippen LogP contribution is -2.65. The van der Waals surface area contributed by atoms with Crippen LogP contribution in [0.25, 0.3) is 0 Å². The number of alkyl halides is 5. The van der Waals surface area contributed by atoms with Gasteiger partial charge in [0.15, 0.2) is 0 Å². The van der Waals surface area contributed by atoms with Gasteiger partial charge >= 0.3 is 18.0 Å². The summed E-state index contributed by atoms with van der Waals surface area (Å²) in [7, 11) is 1.10. The first-order chi connectivity index (χ1) is 19.0. The van der Waals surface area contributed by atoms with Gasteiger partial charge in [0.05, 0.1) is 11.7 Å². The summed E-state index contributed by atoms with van der Waals surface area (Å²) in [5.74, 6) is -11.7. The number of likely N-dealkylation sites (tertiary alicyclic amines) is 1. The van der Waals surface area contributed by atoms with E-state index in [-0.39, 0.29) is 36.6 Å². The molecule has 2 bridgehead atoms. The number of nitrogens with zero attached hydrogens (tertiary/aromatic N) is 2. The Hall–Kier alpha value is -3.28. The van der Waals surface area contributed by atoms with Gasteiger partial charge in [-0.1, -0.05) is 12.2 Å². The van der Waals surface area contributed by atoms with Crippen LogP contribution >= 0.6 is 0 Å². The van der Waals surface area contributed by atoms with Crippen molar-refractivity contribution in [3.63, 3.8) is 0 Å². The molecule has 0 unspecified atom stereocenters. The van der Waals surface area contributed by atoms with E-state index in [9.17, 15) is 46.4 Å². The number of hydrogen-bond donors (Lipinski definition) is 3. The number of nitriles is 1. The normalized spacial score (nSPS) is 30.4. The SMILES string of the molecule is COC(C)(C)[C@H](NC(=O)C(F)(F)C(F)(F)F)C(=O)N1C[C@H]2[C@@H]([C@H]1C(=O)N[C@H](C#N)C[C@@H]1CCNC1=O)[C@H]1C=C[C@@H]2C1. The smallest absolute Gasteiger partial charge is 0.376 e. The lowest BCUT2D eigenvalue weighted by atomic mass is 9.81. The maximum atomic E-state index is 13.9. The van der Waals surface area contributed by atoms with Gasteiger partial charge in [-0.3, -0.25) is 19.2 Å². The lowest BCUT2D eigenvalue weighted by Gasteiger charge is -2.38. The molecular weight excluding hydrogens is 557 g/mol.